The molecule has 6 nitrogen and oxygen atoms in total. The van der Waals surface area contributed by atoms with E-state index in [4.69, 9.17) is 14.5 Å². The summed E-state index contributed by atoms with van der Waals surface area (Å²) in [4.78, 5) is 14.3. The third kappa shape index (κ3) is 4.41. The average Bonchev–Trinajstić information content (AvgIpc) is 3.50. The zero-order chi connectivity index (χ0) is 24.4. The van der Waals surface area contributed by atoms with Gasteiger partial charge in [0.1, 0.15) is 17.3 Å². The second-order valence-corrected chi connectivity index (χ2v) is 10.2. The maximum absolute atomic E-state index is 5.68. The predicted molar refractivity (Wildman–Crippen MR) is 142 cm³/mol. The van der Waals surface area contributed by atoms with E-state index >= 15 is 0 Å². The fraction of sp³-hybridized carbons (Fsp3) is 0.357. The summed E-state index contributed by atoms with van der Waals surface area (Å²) >= 11 is 1.77. The molecule has 0 saturated carbocycles. The Morgan fingerprint density at radius 1 is 1.14 bits per heavy atom. The molecule has 1 atom stereocenters. The van der Waals surface area contributed by atoms with Crippen LogP contribution in [-0.2, 0) is 11.8 Å². The molecule has 5 rings (SSSR count). The van der Waals surface area contributed by atoms with Gasteiger partial charge in [-0.1, -0.05) is 25.5 Å². The Kier molecular flexibility index (Phi) is 6.52. The van der Waals surface area contributed by atoms with E-state index in [1.165, 1.54) is 16.1 Å². The number of nitrogens with one attached hydrogen (secondary N) is 2. The third-order valence-corrected chi connectivity index (χ3v) is 7.90. The molecule has 0 amide bonds. The van der Waals surface area contributed by atoms with Crippen LogP contribution in [0.25, 0.3) is 11.4 Å². The molecule has 0 fully saturated rings. The Morgan fingerprint density at radius 2 is 2.03 bits per heavy atom. The first-order valence-electron chi connectivity index (χ1n) is 12.2. The van der Waals surface area contributed by atoms with Gasteiger partial charge in [-0.3, -0.25) is 0 Å². The normalized spacial score (nSPS) is 17.1. The van der Waals surface area contributed by atoms with Gasteiger partial charge in [-0.05, 0) is 62.4 Å². The molecule has 1 aliphatic carbocycles. The summed E-state index contributed by atoms with van der Waals surface area (Å²) in [6.07, 6.45) is 7.34. The summed E-state index contributed by atoms with van der Waals surface area (Å²) < 4.78 is 11.2. The zero-order valence-corrected chi connectivity index (χ0v) is 21.6. The van der Waals surface area contributed by atoms with Crippen LogP contribution in [0.15, 0.2) is 48.7 Å². The van der Waals surface area contributed by atoms with Gasteiger partial charge in [-0.25, -0.2) is 9.97 Å². The lowest BCUT2D eigenvalue weighted by atomic mass is 9.67. The van der Waals surface area contributed by atoms with Crippen molar-refractivity contribution in [2.75, 3.05) is 19.5 Å². The van der Waals surface area contributed by atoms with Crippen LogP contribution in [0.1, 0.15) is 54.4 Å². The molecule has 0 saturated heterocycles. The minimum atomic E-state index is -0.0774. The number of rotatable bonds is 8. The lowest BCUT2D eigenvalue weighted by molar-refractivity contribution is 0.381. The third-order valence-electron chi connectivity index (χ3n) is 6.87. The number of imidazole rings is 1. The number of ether oxygens (including phenoxy) is 2. The van der Waals surface area contributed by atoms with Gasteiger partial charge in [0.15, 0.2) is 5.13 Å². The molecule has 0 bridgehead atoms. The minimum Gasteiger partial charge on any atom is -0.497 e. The van der Waals surface area contributed by atoms with Gasteiger partial charge < -0.3 is 19.8 Å². The Hall–Kier alpha value is -3.32. The molecule has 35 heavy (non-hydrogen) atoms. The van der Waals surface area contributed by atoms with Gasteiger partial charge in [-0.2, -0.15) is 0 Å². The molecule has 2 N–H and O–H groups in total. The highest BCUT2D eigenvalue weighted by Crippen LogP contribution is 2.49. The quantitative estimate of drug-likeness (QED) is 0.279. The number of anilines is 2. The Bertz CT molecular complexity index is 1330. The molecule has 182 valence electrons. The van der Waals surface area contributed by atoms with Crippen LogP contribution in [-0.4, -0.2) is 29.2 Å². The van der Waals surface area contributed by atoms with Crippen molar-refractivity contribution in [2.24, 2.45) is 0 Å². The highest BCUT2D eigenvalue weighted by Gasteiger charge is 2.40. The number of methoxy groups -OCH3 is 2. The van der Waals surface area contributed by atoms with Crippen molar-refractivity contribution in [1.29, 1.82) is 0 Å². The SMILES string of the molecule is CCCC1(c2cccc(OC)c2)CCCc2sc(Nc3ccc(-c4ncc(C)[nH]4)c(OC)c3)nc21. The molecule has 2 aromatic carbocycles. The Labute approximate surface area is 210 Å². The number of nitrogens with zero attached hydrogens (tertiary/aromatic N) is 2. The fourth-order valence-electron chi connectivity index (χ4n) is 5.27. The average molecular weight is 489 g/mol. The number of aromatic amines is 1. The molecule has 0 spiro atoms. The number of aryl methyl sites for hydroxylation is 2. The summed E-state index contributed by atoms with van der Waals surface area (Å²) in [6.45, 7) is 4.25. The van der Waals surface area contributed by atoms with Crippen molar-refractivity contribution in [3.63, 3.8) is 0 Å². The number of hydrogen-bond donors (Lipinski definition) is 2. The van der Waals surface area contributed by atoms with Gasteiger partial charge in [-0.15, -0.1) is 11.3 Å². The van der Waals surface area contributed by atoms with Gasteiger partial charge in [0.05, 0.1) is 25.5 Å². The van der Waals surface area contributed by atoms with E-state index in [-0.39, 0.29) is 5.41 Å². The van der Waals surface area contributed by atoms with Crippen LogP contribution in [0.5, 0.6) is 11.5 Å². The molecule has 0 aliphatic heterocycles. The van der Waals surface area contributed by atoms with E-state index in [2.05, 4.69) is 46.5 Å². The zero-order valence-electron chi connectivity index (χ0n) is 20.8. The number of fused-ring (bicyclic) bond motifs is 1. The van der Waals surface area contributed by atoms with Crippen LogP contribution < -0.4 is 14.8 Å². The van der Waals surface area contributed by atoms with E-state index in [1.54, 1.807) is 25.6 Å². The predicted octanol–water partition coefficient (Wildman–Crippen LogP) is 7.02. The molecule has 1 aliphatic rings. The number of aromatic nitrogens is 3. The van der Waals surface area contributed by atoms with Crippen LogP contribution in [0.4, 0.5) is 10.8 Å². The van der Waals surface area contributed by atoms with Crippen molar-refractivity contribution in [2.45, 2.75) is 51.4 Å². The van der Waals surface area contributed by atoms with Crippen molar-refractivity contribution < 1.29 is 9.47 Å². The summed E-state index contributed by atoms with van der Waals surface area (Å²) in [5, 5.41) is 4.47. The highest BCUT2D eigenvalue weighted by molar-refractivity contribution is 7.15. The summed E-state index contributed by atoms with van der Waals surface area (Å²) in [5.74, 6) is 2.47. The lowest BCUT2D eigenvalue weighted by Gasteiger charge is -2.37. The molecule has 7 heteroatoms. The van der Waals surface area contributed by atoms with E-state index in [0.29, 0.717) is 0 Å². The first-order chi connectivity index (χ1) is 17.1. The monoisotopic (exact) mass is 488 g/mol. The van der Waals surface area contributed by atoms with Crippen molar-refractivity contribution in [3.05, 3.63) is 70.5 Å². The lowest BCUT2D eigenvalue weighted by Crippen LogP contribution is -2.32. The van der Waals surface area contributed by atoms with Gasteiger partial charge in [0, 0.05) is 33.9 Å². The van der Waals surface area contributed by atoms with Crippen LogP contribution in [0, 0.1) is 6.92 Å². The maximum atomic E-state index is 5.68. The van der Waals surface area contributed by atoms with Crippen molar-refractivity contribution >= 4 is 22.2 Å². The fourth-order valence-corrected chi connectivity index (χ4v) is 6.39. The van der Waals surface area contributed by atoms with Crippen molar-refractivity contribution in [1.82, 2.24) is 15.0 Å². The number of hydrogen-bond acceptors (Lipinski definition) is 6. The maximum Gasteiger partial charge on any atom is 0.187 e. The molecule has 4 aromatic rings. The second kappa shape index (κ2) is 9.74. The first kappa shape index (κ1) is 23.4. The van der Waals surface area contributed by atoms with E-state index in [0.717, 1.165) is 71.5 Å². The Morgan fingerprint density at radius 3 is 2.77 bits per heavy atom. The summed E-state index contributed by atoms with van der Waals surface area (Å²) in [5.41, 5.74) is 5.35. The first-order valence-corrected chi connectivity index (χ1v) is 13.0. The number of thiazole rings is 1. The van der Waals surface area contributed by atoms with E-state index in [1.807, 2.05) is 31.3 Å². The van der Waals surface area contributed by atoms with Crippen LogP contribution >= 0.6 is 11.3 Å². The van der Waals surface area contributed by atoms with Crippen LogP contribution in [0.2, 0.25) is 0 Å². The van der Waals surface area contributed by atoms with E-state index in [9.17, 15) is 0 Å². The molecule has 2 heterocycles. The largest absolute Gasteiger partial charge is 0.497 e. The van der Waals surface area contributed by atoms with Gasteiger partial charge >= 0.3 is 0 Å². The summed E-state index contributed by atoms with van der Waals surface area (Å²) in [6, 6.07) is 14.6. The molecular formula is C28H32N4O2S. The molecule has 1 unspecified atom stereocenters. The standard InChI is InChI=1S/C28H32N4O2S/c1-5-13-28(19-8-6-9-21(15-19)33-3)14-7-10-24-25(28)32-27(35-24)31-20-11-12-22(23(16-20)34-4)26-29-17-18(2)30-26/h6,8-9,11-12,15-17H,5,7,10,13-14H2,1-4H3,(H,29,30)(H,31,32). The highest BCUT2D eigenvalue weighted by atomic mass is 32.1. The topological polar surface area (TPSA) is 72.1 Å². The van der Waals surface area contributed by atoms with E-state index < -0.39 is 0 Å². The molecule has 2 aromatic heterocycles. The Balaban J connectivity index is 1.49. The second-order valence-electron chi connectivity index (χ2n) is 9.16. The number of benzene rings is 2. The van der Waals surface area contributed by atoms with Crippen molar-refractivity contribution in [3.8, 4) is 22.9 Å². The van der Waals surface area contributed by atoms with Gasteiger partial charge in [0.2, 0.25) is 0 Å². The van der Waals surface area contributed by atoms with Crippen LogP contribution in [0.3, 0.4) is 0 Å². The molecular weight excluding hydrogens is 456 g/mol. The summed E-state index contributed by atoms with van der Waals surface area (Å²) in [7, 11) is 3.42. The smallest absolute Gasteiger partial charge is 0.187 e. The molecule has 0 radical (unpaired) electrons. The number of H-pyrrole nitrogens is 1. The van der Waals surface area contributed by atoms with Gasteiger partial charge in [0.25, 0.3) is 0 Å². The minimum absolute atomic E-state index is 0.0774.